The normalized spacial score (nSPS) is 36.0. The molecular weight excluding hydrogens is 226 g/mol. The Kier molecular flexibility index (Phi) is 4.05. The fourth-order valence-corrected chi connectivity index (χ4v) is 3.73. The van der Waals surface area contributed by atoms with E-state index in [1.54, 1.807) is 0 Å². The SMILES string of the molecule is CC1(C)CCC(CN)(C2(O)CCCOCC2)CC1. The zero-order chi connectivity index (χ0) is 13.3. The predicted molar refractivity (Wildman–Crippen MR) is 73.4 cm³/mol. The minimum absolute atomic E-state index is 0.0732. The summed E-state index contributed by atoms with van der Waals surface area (Å²) < 4.78 is 5.51. The summed E-state index contributed by atoms with van der Waals surface area (Å²) in [5.74, 6) is 0. The minimum atomic E-state index is -0.602. The molecule has 2 fully saturated rings. The zero-order valence-corrected chi connectivity index (χ0v) is 12.0. The first-order valence-electron chi connectivity index (χ1n) is 7.43. The second-order valence-corrected chi connectivity index (χ2v) is 7.15. The number of hydrogen-bond donors (Lipinski definition) is 2. The third-order valence-corrected chi connectivity index (χ3v) is 5.48. The summed E-state index contributed by atoms with van der Waals surface area (Å²) in [6.45, 7) is 6.73. The van der Waals surface area contributed by atoms with Gasteiger partial charge in [-0.3, -0.25) is 0 Å². The van der Waals surface area contributed by atoms with Crippen molar-refractivity contribution in [1.82, 2.24) is 0 Å². The first-order valence-corrected chi connectivity index (χ1v) is 7.43. The van der Waals surface area contributed by atoms with Crippen molar-refractivity contribution in [2.45, 2.75) is 64.4 Å². The van der Waals surface area contributed by atoms with Crippen molar-refractivity contribution in [2.24, 2.45) is 16.6 Å². The van der Waals surface area contributed by atoms with E-state index in [0.717, 1.165) is 38.7 Å². The molecule has 2 aliphatic rings. The van der Waals surface area contributed by atoms with Crippen LogP contribution in [-0.2, 0) is 4.74 Å². The quantitative estimate of drug-likeness (QED) is 0.797. The Morgan fingerprint density at radius 1 is 1.00 bits per heavy atom. The number of aliphatic hydroxyl groups is 1. The lowest BCUT2D eigenvalue weighted by Crippen LogP contribution is -2.55. The van der Waals surface area contributed by atoms with E-state index in [0.29, 0.717) is 18.6 Å². The van der Waals surface area contributed by atoms with Gasteiger partial charge in [0.15, 0.2) is 0 Å². The Labute approximate surface area is 111 Å². The van der Waals surface area contributed by atoms with Crippen LogP contribution in [0.4, 0.5) is 0 Å². The summed E-state index contributed by atoms with van der Waals surface area (Å²) in [5, 5.41) is 11.1. The van der Waals surface area contributed by atoms with Gasteiger partial charge in [-0.25, -0.2) is 0 Å². The van der Waals surface area contributed by atoms with Crippen LogP contribution in [0.1, 0.15) is 58.8 Å². The molecule has 2 rings (SSSR count). The van der Waals surface area contributed by atoms with E-state index >= 15 is 0 Å². The van der Waals surface area contributed by atoms with Crippen LogP contribution in [-0.4, -0.2) is 30.5 Å². The molecule has 18 heavy (non-hydrogen) atoms. The van der Waals surface area contributed by atoms with Gasteiger partial charge in [-0.15, -0.1) is 0 Å². The van der Waals surface area contributed by atoms with E-state index in [2.05, 4.69) is 13.8 Å². The van der Waals surface area contributed by atoms with E-state index in [4.69, 9.17) is 10.5 Å². The highest BCUT2D eigenvalue weighted by Gasteiger charge is 2.51. The van der Waals surface area contributed by atoms with Crippen molar-refractivity contribution in [3.05, 3.63) is 0 Å². The van der Waals surface area contributed by atoms with Gasteiger partial charge in [0, 0.05) is 31.6 Å². The summed E-state index contributed by atoms with van der Waals surface area (Å²) in [6.07, 6.45) is 7.04. The maximum Gasteiger partial charge on any atom is 0.0738 e. The second-order valence-electron chi connectivity index (χ2n) is 7.15. The fraction of sp³-hybridized carbons (Fsp3) is 1.00. The van der Waals surface area contributed by atoms with Gasteiger partial charge in [-0.05, 0) is 43.9 Å². The lowest BCUT2D eigenvalue weighted by molar-refractivity contribution is -0.122. The highest BCUT2D eigenvalue weighted by Crippen LogP contribution is 2.52. The van der Waals surface area contributed by atoms with E-state index in [9.17, 15) is 5.11 Å². The maximum atomic E-state index is 11.1. The van der Waals surface area contributed by atoms with Gasteiger partial charge < -0.3 is 15.6 Å². The molecule has 3 nitrogen and oxygen atoms in total. The first-order chi connectivity index (χ1) is 8.43. The van der Waals surface area contributed by atoms with E-state index in [-0.39, 0.29) is 5.41 Å². The summed E-state index contributed by atoms with van der Waals surface area (Å²) >= 11 is 0. The fourth-order valence-electron chi connectivity index (χ4n) is 3.73. The molecule has 1 saturated carbocycles. The van der Waals surface area contributed by atoms with Gasteiger partial charge >= 0.3 is 0 Å². The molecule has 0 aromatic rings. The third kappa shape index (κ3) is 2.59. The van der Waals surface area contributed by atoms with E-state index in [1.165, 1.54) is 12.8 Å². The largest absolute Gasteiger partial charge is 0.389 e. The van der Waals surface area contributed by atoms with Crippen molar-refractivity contribution in [3.63, 3.8) is 0 Å². The van der Waals surface area contributed by atoms with Crippen molar-refractivity contribution in [1.29, 1.82) is 0 Å². The highest BCUT2D eigenvalue weighted by molar-refractivity contribution is 5.03. The smallest absolute Gasteiger partial charge is 0.0738 e. The highest BCUT2D eigenvalue weighted by atomic mass is 16.5. The average molecular weight is 255 g/mol. The van der Waals surface area contributed by atoms with Crippen LogP contribution in [0.15, 0.2) is 0 Å². The molecule has 1 aliphatic heterocycles. The van der Waals surface area contributed by atoms with Gasteiger partial charge in [-0.1, -0.05) is 13.8 Å². The standard InChI is InChI=1S/C15H29NO2/c1-13(2)5-7-14(12-16,8-6-13)15(17)4-3-10-18-11-9-15/h17H,3-12,16H2,1-2H3. The number of rotatable bonds is 2. The molecule has 1 saturated heterocycles. The number of ether oxygens (including phenoxy) is 1. The summed E-state index contributed by atoms with van der Waals surface area (Å²) in [6, 6.07) is 0. The molecule has 106 valence electrons. The van der Waals surface area contributed by atoms with Gasteiger partial charge in [0.1, 0.15) is 0 Å². The molecule has 1 unspecified atom stereocenters. The van der Waals surface area contributed by atoms with Gasteiger partial charge in [0.05, 0.1) is 5.60 Å². The van der Waals surface area contributed by atoms with Crippen LogP contribution >= 0.6 is 0 Å². The van der Waals surface area contributed by atoms with Crippen LogP contribution in [0.25, 0.3) is 0 Å². The number of nitrogens with two attached hydrogens (primary N) is 1. The molecule has 3 heteroatoms. The molecule has 0 spiro atoms. The molecule has 1 heterocycles. The molecule has 0 bridgehead atoms. The molecule has 0 radical (unpaired) electrons. The Morgan fingerprint density at radius 3 is 2.28 bits per heavy atom. The third-order valence-electron chi connectivity index (χ3n) is 5.48. The van der Waals surface area contributed by atoms with Crippen LogP contribution in [0.3, 0.4) is 0 Å². The Hall–Kier alpha value is -0.120. The monoisotopic (exact) mass is 255 g/mol. The minimum Gasteiger partial charge on any atom is -0.389 e. The van der Waals surface area contributed by atoms with Gasteiger partial charge in [0.2, 0.25) is 0 Å². The van der Waals surface area contributed by atoms with Crippen LogP contribution in [0.5, 0.6) is 0 Å². The molecule has 1 atom stereocenters. The lowest BCUT2D eigenvalue weighted by atomic mass is 9.56. The van der Waals surface area contributed by atoms with Crippen molar-refractivity contribution in [3.8, 4) is 0 Å². The molecule has 0 aromatic carbocycles. The Morgan fingerprint density at radius 2 is 1.67 bits per heavy atom. The molecular formula is C15H29NO2. The lowest BCUT2D eigenvalue weighted by Gasteiger charge is -2.52. The van der Waals surface area contributed by atoms with Crippen LogP contribution < -0.4 is 5.73 Å². The topological polar surface area (TPSA) is 55.5 Å². The van der Waals surface area contributed by atoms with E-state index in [1.807, 2.05) is 0 Å². The summed E-state index contributed by atoms with van der Waals surface area (Å²) in [4.78, 5) is 0. The predicted octanol–water partition coefficient (Wildman–Crippen LogP) is 2.46. The average Bonchev–Trinajstić information content (AvgIpc) is 2.56. The Bertz CT molecular complexity index is 270. The molecule has 0 aromatic heterocycles. The van der Waals surface area contributed by atoms with Crippen molar-refractivity contribution in [2.75, 3.05) is 19.8 Å². The Balaban J connectivity index is 2.16. The van der Waals surface area contributed by atoms with Crippen LogP contribution in [0.2, 0.25) is 0 Å². The summed E-state index contributed by atoms with van der Waals surface area (Å²) in [7, 11) is 0. The van der Waals surface area contributed by atoms with Crippen LogP contribution in [0, 0.1) is 10.8 Å². The first kappa shape index (κ1) is 14.3. The van der Waals surface area contributed by atoms with Gasteiger partial charge in [0.25, 0.3) is 0 Å². The zero-order valence-electron chi connectivity index (χ0n) is 12.0. The second kappa shape index (κ2) is 5.10. The number of hydrogen-bond acceptors (Lipinski definition) is 3. The molecule has 0 amide bonds. The van der Waals surface area contributed by atoms with E-state index < -0.39 is 5.60 Å². The van der Waals surface area contributed by atoms with Gasteiger partial charge in [-0.2, -0.15) is 0 Å². The van der Waals surface area contributed by atoms with Crippen molar-refractivity contribution >= 4 is 0 Å². The molecule has 1 aliphatic carbocycles. The maximum absolute atomic E-state index is 11.1. The summed E-state index contributed by atoms with van der Waals surface area (Å²) in [5.41, 5.74) is 5.83. The van der Waals surface area contributed by atoms with Crippen molar-refractivity contribution < 1.29 is 9.84 Å². The molecule has 3 N–H and O–H groups in total.